The summed E-state index contributed by atoms with van der Waals surface area (Å²) in [5, 5.41) is 10.9. The van der Waals surface area contributed by atoms with E-state index in [4.69, 9.17) is 9.26 Å². The second-order valence-electron chi connectivity index (χ2n) is 5.60. The fourth-order valence-corrected chi connectivity index (χ4v) is 3.01. The third kappa shape index (κ3) is 3.19. The quantitative estimate of drug-likeness (QED) is 0.754. The smallest absolute Gasteiger partial charge is 0.257 e. The second kappa shape index (κ2) is 6.88. The minimum absolute atomic E-state index is 0.0199. The summed E-state index contributed by atoms with van der Waals surface area (Å²) in [4.78, 5) is 12.7. The van der Waals surface area contributed by atoms with Crippen LogP contribution in [0.1, 0.15) is 24.2 Å². The molecule has 5 nitrogen and oxygen atoms in total. The van der Waals surface area contributed by atoms with Crippen LogP contribution in [0.2, 0.25) is 0 Å². The predicted molar refractivity (Wildman–Crippen MR) is 94.4 cm³/mol. The van der Waals surface area contributed by atoms with Gasteiger partial charge in [0.15, 0.2) is 5.76 Å². The van der Waals surface area contributed by atoms with E-state index in [9.17, 15) is 4.79 Å². The van der Waals surface area contributed by atoms with Gasteiger partial charge in [0.1, 0.15) is 17.0 Å². The van der Waals surface area contributed by atoms with Gasteiger partial charge in [-0.1, -0.05) is 5.16 Å². The lowest BCUT2D eigenvalue weighted by molar-refractivity contribution is 0.0944. The summed E-state index contributed by atoms with van der Waals surface area (Å²) in [5.74, 6) is 1.03. The molecule has 0 spiro atoms. The number of carbonyl (C=O) groups excluding carboxylic acids is 1. The van der Waals surface area contributed by atoms with E-state index in [1.165, 1.54) is 0 Å². The van der Waals surface area contributed by atoms with Gasteiger partial charge in [0, 0.05) is 22.5 Å². The van der Waals surface area contributed by atoms with Crippen LogP contribution < -0.4 is 10.1 Å². The molecule has 1 N–H and O–H groups in total. The lowest BCUT2D eigenvalue weighted by atomic mass is 10.0. The average Bonchev–Trinajstić information content (AvgIpc) is 3.23. The number of amides is 1. The molecule has 0 aliphatic carbocycles. The van der Waals surface area contributed by atoms with Crippen LogP contribution in [0, 0.1) is 0 Å². The Balaban J connectivity index is 2.10. The molecule has 124 valence electrons. The molecule has 0 aliphatic rings. The number of benzene rings is 1. The van der Waals surface area contributed by atoms with Crippen LogP contribution in [-0.2, 0) is 0 Å². The molecule has 3 rings (SSSR count). The molecule has 0 fully saturated rings. The van der Waals surface area contributed by atoms with E-state index in [2.05, 4.69) is 10.5 Å². The van der Waals surface area contributed by atoms with Gasteiger partial charge < -0.3 is 14.6 Å². The summed E-state index contributed by atoms with van der Waals surface area (Å²) in [6.07, 6.45) is 0. The Morgan fingerprint density at radius 3 is 2.54 bits per heavy atom. The predicted octanol–water partition coefficient (Wildman–Crippen LogP) is 4.22. The van der Waals surface area contributed by atoms with Crippen molar-refractivity contribution in [2.24, 2.45) is 0 Å². The third-order valence-corrected chi connectivity index (χ3v) is 4.17. The van der Waals surface area contributed by atoms with E-state index < -0.39 is 0 Å². The van der Waals surface area contributed by atoms with Crippen LogP contribution in [0.5, 0.6) is 5.75 Å². The van der Waals surface area contributed by atoms with Gasteiger partial charge in [0.2, 0.25) is 0 Å². The Hall–Kier alpha value is -2.60. The van der Waals surface area contributed by atoms with Crippen molar-refractivity contribution in [2.45, 2.75) is 19.9 Å². The number of aromatic nitrogens is 1. The zero-order chi connectivity index (χ0) is 17.1. The van der Waals surface area contributed by atoms with E-state index >= 15 is 0 Å². The molecule has 0 radical (unpaired) electrons. The lowest BCUT2D eigenvalue weighted by Crippen LogP contribution is -2.30. The molecule has 3 aromatic rings. The van der Waals surface area contributed by atoms with Crippen molar-refractivity contribution < 1.29 is 14.1 Å². The Labute approximate surface area is 144 Å². The molecule has 0 aliphatic heterocycles. The summed E-state index contributed by atoms with van der Waals surface area (Å²) in [5.41, 5.74) is 2.63. The topological polar surface area (TPSA) is 64.4 Å². The molecule has 2 heterocycles. The molecule has 0 bridgehead atoms. The first kappa shape index (κ1) is 16.3. The van der Waals surface area contributed by atoms with Gasteiger partial charge in [-0.2, -0.15) is 11.3 Å². The van der Waals surface area contributed by atoms with Crippen molar-refractivity contribution >= 4 is 17.2 Å². The van der Waals surface area contributed by atoms with Gasteiger partial charge in [-0.15, -0.1) is 0 Å². The van der Waals surface area contributed by atoms with Crippen LogP contribution >= 0.6 is 11.3 Å². The molecule has 0 saturated carbocycles. The van der Waals surface area contributed by atoms with Crippen molar-refractivity contribution in [2.75, 3.05) is 7.11 Å². The average molecular weight is 342 g/mol. The molecule has 0 atom stereocenters. The molecule has 6 heteroatoms. The minimum atomic E-state index is -0.196. The van der Waals surface area contributed by atoms with E-state index in [1.807, 2.05) is 54.9 Å². The van der Waals surface area contributed by atoms with Crippen LogP contribution in [0.25, 0.3) is 22.6 Å². The number of nitrogens with one attached hydrogen (secondary N) is 1. The lowest BCUT2D eigenvalue weighted by Gasteiger charge is -2.09. The maximum Gasteiger partial charge on any atom is 0.257 e. The number of methoxy groups -OCH3 is 1. The molecular weight excluding hydrogens is 324 g/mol. The minimum Gasteiger partial charge on any atom is -0.497 e. The van der Waals surface area contributed by atoms with Crippen molar-refractivity contribution in [3.8, 4) is 28.3 Å². The van der Waals surface area contributed by atoms with E-state index in [1.54, 1.807) is 18.4 Å². The van der Waals surface area contributed by atoms with Crippen molar-refractivity contribution in [3.63, 3.8) is 0 Å². The van der Waals surface area contributed by atoms with Gasteiger partial charge >= 0.3 is 0 Å². The monoisotopic (exact) mass is 342 g/mol. The number of thiophene rings is 1. The number of hydrogen-bond acceptors (Lipinski definition) is 5. The first-order valence-corrected chi connectivity index (χ1v) is 8.52. The number of rotatable bonds is 5. The fraction of sp³-hybridized carbons (Fsp3) is 0.222. The zero-order valence-corrected chi connectivity index (χ0v) is 14.5. The van der Waals surface area contributed by atoms with E-state index in [0.717, 1.165) is 16.9 Å². The maximum absolute atomic E-state index is 12.7. The fourth-order valence-electron chi connectivity index (χ4n) is 2.37. The molecular formula is C18H18N2O3S. The molecule has 1 aromatic carbocycles. The van der Waals surface area contributed by atoms with Gasteiger partial charge in [-0.3, -0.25) is 4.79 Å². The summed E-state index contributed by atoms with van der Waals surface area (Å²) in [6.45, 7) is 3.84. The maximum atomic E-state index is 12.7. The SMILES string of the molecule is COc1ccc(-c2noc(-c3ccsc3)c2C(=O)NC(C)C)cc1. The summed E-state index contributed by atoms with van der Waals surface area (Å²) in [6, 6.07) is 9.32. The highest BCUT2D eigenvalue weighted by Gasteiger charge is 2.25. The van der Waals surface area contributed by atoms with Gasteiger partial charge in [-0.05, 0) is 49.6 Å². The standard InChI is InChI=1S/C18H18N2O3S/c1-11(2)19-18(21)15-16(12-4-6-14(22-3)7-5-12)20-23-17(15)13-8-9-24-10-13/h4-11H,1-3H3,(H,19,21). The Kier molecular flexibility index (Phi) is 4.66. The van der Waals surface area contributed by atoms with Crippen LogP contribution in [0.15, 0.2) is 45.6 Å². The van der Waals surface area contributed by atoms with Gasteiger partial charge in [-0.25, -0.2) is 0 Å². The third-order valence-electron chi connectivity index (χ3n) is 3.49. The Bertz CT molecular complexity index is 821. The zero-order valence-electron chi connectivity index (χ0n) is 13.7. The summed E-state index contributed by atoms with van der Waals surface area (Å²) >= 11 is 1.54. The highest BCUT2D eigenvalue weighted by Crippen LogP contribution is 2.34. The van der Waals surface area contributed by atoms with E-state index in [0.29, 0.717) is 17.0 Å². The number of hydrogen-bond donors (Lipinski definition) is 1. The van der Waals surface area contributed by atoms with Crippen molar-refractivity contribution in [3.05, 3.63) is 46.7 Å². The normalized spacial score (nSPS) is 10.8. The number of nitrogens with zero attached hydrogens (tertiary/aromatic N) is 1. The molecule has 0 unspecified atom stereocenters. The molecule has 2 aromatic heterocycles. The largest absolute Gasteiger partial charge is 0.497 e. The highest BCUT2D eigenvalue weighted by molar-refractivity contribution is 7.08. The second-order valence-corrected chi connectivity index (χ2v) is 6.38. The Morgan fingerprint density at radius 1 is 1.21 bits per heavy atom. The van der Waals surface area contributed by atoms with Crippen LogP contribution in [-0.4, -0.2) is 24.2 Å². The van der Waals surface area contributed by atoms with Gasteiger partial charge in [0.05, 0.1) is 7.11 Å². The molecule has 1 amide bonds. The Morgan fingerprint density at radius 2 is 1.96 bits per heavy atom. The van der Waals surface area contributed by atoms with Crippen LogP contribution in [0.4, 0.5) is 0 Å². The van der Waals surface area contributed by atoms with Crippen molar-refractivity contribution in [1.29, 1.82) is 0 Å². The molecule has 0 saturated heterocycles. The number of ether oxygens (including phenoxy) is 1. The van der Waals surface area contributed by atoms with Gasteiger partial charge in [0.25, 0.3) is 5.91 Å². The highest BCUT2D eigenvalue weighted by atomic mass is 32.1. The summed E-state index contributed by atoms with van der Waals surface area (Å²) in [7, 11) is 1.61. The van der Waals surface area contributed by atoms with E-state index in [-0.39, 0.29) is 11.9 Å². The van der Waals surface area contributed by atoms with Crippen molar-refractivity contribution in [1.82, 2.24) is 10.5 Å². The first-order valence-electron chi connectivity index (χ1n) is 7.57. The molecule has 24 heavy (non-hydrogen) atoms. The number of carbonyl (C=O) groups is 1. The van der Waals surface area contributed by atoms with Crippen LogP contribution in [0.3, 0.4) is 0 Å². The first-order chi connectivity index (χ1) is 11.6. The summed E-state index contributed by atoms with van der Waals surface area (Å²) < 4.78 is 10.7.